The Morgan fingerprint density at radius 2 is 1.63 bits per heavy atom. The van der Waals surface area contributed by atoms with Crippen molar-refractivity contribution in [1.29, 1.82) is 0 Å². The van der Waals surface area contributed by atoms with Crippen molar-refractivity contribution in [1.82, 2.24) is 4.57 Å². The number of hydrogen-bond donors (Lipinski definition) is 1. The SMILES string of the molecule is NCCCn1c(-c2ccccc2)cc2ccccc21. The highest BCUT2D eigenvalue weighted by Crippen LogP contribution is 2.28. The van der Waals surface area contributed by atoms with Crippen LogP contribution >= 0.6 is 0 Å². The first kappa shape index (κ1) is 12.0. The van der Waals surface area contributed by atoms with Gasteiger partial charge in [0.25, 0.3) is 0 Å². The maximum absolute atomic E-state index is 5.66. The summed E-state index contributed by atoms with van der Waals surface area (Å²) in [5.41, 5.74) is 9.48. The number of aromatic nitrogens is 1. The molecule has 0 aliphatic heterocycles. The van der Waals surface area contributed by atoms with Crippen LogP contribution in [0.2, 0.25) is 0 Å². The number of aryl methyl sites for hydroxylation is 1. The van der Waals surface area contributed by atoms with Crippen molar-refractivity contribution >= 4 is 10.9 Å². The molecule has 0 saturated heterocycles. The summed E-state index contributed by atoms with van der Waals surface area (Å²) in [6, 6.07) is 21.3. The monoisotopic (exact) mass is 250 g/mol. The molecule has 96 valence electrons. The summed E-state index contributed by atoms with van der Waals surface area (Å²) in [7, 11) is 0. The topological polar surface area (TPSA) is 30.9 Å². The van der Waals surface area contributed by atoms with Crippen LogP contribution in [0.25, 0.3) is 22.2 Å². The molecule has 2 nitrogen and oxygen atoms in total. The van der Waals surface area contributed by atoms with E-state index in [0.29, 0.717) is 0 Å². The van der Waals surface area contributed by atoms with Gasteiger partial charge in [0.05, 0.1) is 0 Å². The van der Waals surface area contributed by atoms with Crippen molar-refractivity contribution in [2.24, 2.45) is 5.73 Å². The van der Waals surface area contributed by atoms with Crippen LogP contribution < -0.4 is 5.73 Å². The Hall–Kier alpha value is -2.06. The van der Waals surface area contributed by atoms with E-state index in [0.717, 1.165) is 19.5 Å². The summed E-state index contributed by atoms with van der Waals surface area (Å²) in [6.45, 7) is 1.69. The number of para-hydroxylation sites is 1. The lowest BCUT2D eigenvalue weighted by Crippen LogP contribution is -2.06. The normalized spacial score (nSPS) is 11.0. The van der Waals surface area contributed by atoms with Crippen LogP contribution in [-0.4, -0.2) is 11.1 Å². The molecule has 0 aliphatic rings. The van der Waals surface area contributed by atoms with E-state index in [1.807, 2.05) is 0 Å². The summed E-state index contributed by atoms with van der Waals surface area (Å²) >= 11 is 0. The van der Waals surface area contributed by atoms with Crippen LogP contribution in [0.1, 0.15) is 6.42 Å². The van der Waals surface area contributed by atoms with Gasteiger partial charge in [-0.2, -0.15) is 0 Å². The van der Waals surface area contributed by atoms with E-state index in [9.17, 15) is 0 Å². The first-order chi connectivity index (χ1) is 9.40. The van der Waals surface area contributed by atoms with Crippen molar-refractivity contribution in [3.8, 4) is 11.3 Å². The number of benzene rings is 2. The smallest absolute Gasteiger partial charge is 0.0491 e. The van der Waals surface area contributed by atoms with Gasteiger partial charge in [-0.05, 0) is 30.7 Å². The largest absolute Gasteiger partial charge is 0.340 e. The standard InChI is InChI=1S/C17H18N2/c18-11-6-12-19-16-10-5-4-9-15(16)13-17(19)14-7-2-1-3-8-14/h1-5,7-10,13H,6,11-12,18H2. The van der Waals surface area contributed by atoms with Gasteiger partial charge in [0, 0.05) is 23.1 Å². The minimum absolute atomic E-state index is 0.723. The average Bonchev–Trinajstić information content (AvgIpc) is 2.85. The van der Waals surface area contributed by atoms with Crippen LogP contribution in [0.15, 0.2) is 60.7 Å². The molecule has 3 rings (SSSR count). The molecular formula is C17H18N2. The molecule has 0 spiro atoms. The molecule has 0 saturated carbocycles. The van der Waals surface area contributed by atoms with Crippen LogP contribution in [0, 0.1) is 0 Å². The highest BCUT2D eigenvalue weighted by atomic mass is 15.0. The maximum Gasteiger partial charge on any atom is 0.0491 e. The minimum Gasteiger partial charge on any atom is -0.340 e. The predicted octanol–water partition coefficient (Wildman–Crippen LogP) is 3.66. The van der Waals surface area contributed by atoms with Crippen molar-refractivity contribution in [2.45, 2.75) is 13.0 Å². The van der Waals surface area contributed by atoms with E-state index in [4.69, 9.17) is 5.73 Å². The van der Waals surface area contributed by atoms with E-state index >= 15 is 0 Å². The fourth-order valence-corrected chi connectivity index (χ4v) is 2.55. The lowest BCUT2D eigenvalue weighted by molar-refractivity contribution is 0.676. The van der Waals surface area contributed by atoms with E-state index in [1.165, 1.54) is 22.2 Å². The van der Waals surface area contributed by atoms with Gasteiger partial charge in [-0.25, -0.2) is 0 Å². The first-order valence-electron chi connectivity index (χ1n) is 6.74. The van der Waals surface area contributed by atoms with E-state index < -0.39 is 0 Å². The predicted molar refractivity (Wildman–Crippen MR) is 81.0 cm³/mol. The highest BCUT2D eigenvalue weighted by molar-refractivity contribution is 5.87. The van der Waals surface area contributed by atoms with Gasteiger partial charge in [-0.1, -0.05) is 48.5 Å². The first-order valence-corrected chi connectivity index (χ1v) is 6.74. The number of nitrogens with two attached hydrogens (primary N) is 1. The third-order valence-electron chi connectivity index (χ3n) is 3.47. The zero-order chi connectivity index (χ0) is 13.1. The lowest BCUT2D eigenvalue weighted by atomic mass is 10.1. The van der Waals surface area contributed by atoms with Crippen LogP contribution in [0.3, 0.4) is 0 Å². The molecule has 0 atom stereocenters. The molecule has 2 aromatic carbocycles. The molecule has 2 heteroatoms. The number of nitrogens with zero attached hydrogens (tertiary/aromatic N) is 1. The maximum atomic E-state index is 5.66. The molecule has 0 bridgehead atoms. The molecular weight excluding hydrogens is 232 g/mol. The second kappa shape index (κ2) is 5.29. The van der Waals surface area contributed by atoms with Crippen molar-refractivity contribution in [3.63, 3.8) is 0 Å². The van der Waals surface area contributed by atoms with Crippen LogP contribution in [0.5, 0.6) is 0 Å². The van der Waals surface area contributed by atoms with Gasteiger partial charge in [-0.15, -0.1) is 0 Å². The molecule has 1 aromatic heterocycles. The van der Waals surface area contributed by atoms with E-state index in [-0.39, 0.29) is 0 Å². The van der Waals surface area contributed by atoms with Crippen molar-refractivity contribution in [3.05, 3.63) is 60.7 Å². The molecule has 0 fully saturated rings. The van der Waals surface area contributed by atoms with Crippen LogP contribution in [-0.2, 0) is 6.54 Å². The van der Waals surface area contributed by atoms with Crippen molar-refractivity contribution < 1.29 is 0 Å². The fraction of sp³-hybridized carbons (Fsp3) is 0.176. The minimum atomic E-state index is 0.723. The zero-order valence-corrected chi connectivity index (χ0v) is 10.9. The second-order valence-electron chi connectivity index (χ2n) is 4.75. The summed E-state index contributed by atoms with van der Waals surface area (Å²) in [5, 5.41) is 1.29. The number of fused-ring (bicyclic) bond motifs is 1. The van der Waals surface area contributed by atoms with Gasteiger partial charge >= 0.3 is 0 Å². The highest BCUT2D eigenvalue weighted by Gasteiger charge is 2.09. The molecule has 0 amide bonds. The molecule has 0 radical (unpaired) electrons. The Bertz CT molecular complexity index is 668. The number of hydrogen-bond acceptors (Lipinski definition) is 1. The number of rotatable bonds is 4. The summed E-state index contributed by atoms with van der Waals surface area (Å²) < 4.78 is 2.37. The molecule has 0 unspecified atom stereocenters. The third-order valence-corrected chi connectivity index (χ3v) is 3.47. The molecule has 3 aromatic rings. The van der Waals surface area contributed by atoms with Gasteiger partial charge < -0.3 is 10.3 Å². The fourth-order valence-electron chi connectivity index (χ4n) is 2.55. The van der Waals surface area contributed by atoms with E-state index in [2.05, 4.69) is 65.2 Å². The van der Waals surface area contributed by atoms with Gasteiger partial charge in [0.15, 0.2) is 0 Å². The Morgan fingerprint density at radius 3 is 2.42 bits per heavy atom. The molecule has 2 N–H and O–H groups in total. The van der Waals surface area contributed by atoms with Gasteiger partial charge in [0.2, 0.25) is 0 Å². The molecule has 19 heavy (non-hydrogen) atoms. The third kappa shape index (κ3) is 2.27. The summed E-state index contributed by atoms with van der Waals surface area (Å²) in [6.07, 6.45) is 0.999. The van der Waals surface area contributed by atoms with E-state index in [1.54, 1.807) is 0 Å². The average molecular weight is 250 g/mol. The summed E-state index contributed by atoms with van der Waals surface area (Å²) in [5.74, 6) is 0. The quantitative estimate of drug-likeness (QED) is 0.752. The zero-order valence-electron chi connectivity index (χ0n) is 10.9. The van der Waals surface area contributed by atoms with Gasteiger partial charge in [-0.3, -0.25) is 0 Å². The Balaban J connectivity index is 2.17. The molecule has 1 heterocycles. The van der Waals surface area contributed by atoms with Crippen LogP contribution in [0.4, 0.5) is 0 Å². The Morgan fingerprint density at radius 1 is 0.895 bits per heavy atom. The Kier molecular flexibility index (Phi) is 3.34. The second-order valence-corrected chi connectivity index (χ2v) is 4.75. The lowest BCUT2D eigenvalue weighted by Gasteiger charge is -2.10. The Labute approximate surface area is 113 Å². The molecule has 0 aliphatic carbocycles. The summed E-state index contributed by atoms with van der Waals surface area (Å²) in [4.78, 5) is 0. The van der Waals surface area contributed by atoms with Crippen molar-refractivity contribution in [2.75, 3.05) is 6.54 Å². The van der Waals surface area contributed by atoms with Gasteiger partial charge in [0.1, 0.15) is 0 Å².